The van der Waals surface area contributed by atoms with Crippen LogP contribution in [0.3, 0.4) is 0 Å². The summed E-state index contributed by atoms with van der Waals surface area (Å²) in [5.74, 6) is -0.0844. The first kappa shape index (κ1) is 22.8. The zero-order valence-corrected chi connectivity index (χ0v) is 18.9. The summed E-state index contributed by atoms with van der Waals surface area (Å²) in [6, 6.07) is 9.41. The molecule has 7 nitrogen and oxygen atoms in total. The maximum atomic E-state index is 13.1. The smallest absolute Gasteiger partial charge is 0.257 e. The Hall–Kier alpha value is -1.84. The molecule has 1 aliphatic rings. The van der Waals surface area contributed by atoms with Gasteiger partial charge in [-0.1, -0.05) is 29.3 Å². The molecule has 0 bridgehead atoms. The third kappa shape index (κ3) is 4.90. The van der Waals surface area contributed by atoms with Crippen molar-refractivity contribution in [2.75, 3.05) is 40.5 Å². The van der Waals surface area contributed by atoms with Crippen molar-refractivity contribution < 1.29 is 22.7 Å². The Kier molecular flexibility index (Phi) is 7.26. The van der Waals surface area contributed by atoms with Gasteiger partial charge in [-0.05, 0) is 35.9 Å². The molecular formula is C20H22Cl2N2O5S. The lowest BCUT2D eigenvalue weighted by molar-refractivity contribution is 0.0730. The highest BCUT2D eigenvalue weighted by Gasteiger charge is 2.28. The van der Waals surface area contributed by atoms with Gasteiger partial charge in [-0.3, -0.25) is 4.79 Å². The molecule has 1 aliphatic heterocycles. The summed E-state index contributed by atoms with van der Waals surface area (Å²) < 4.78 is 37.8. The van der Waals surface area contributed by atoms with Gasteiger partial charge in [0.25, 0.3) is 5.91 Å². The van der Waals surface area contributed by atoms with E-state index < -0.39 is 10.0 Å². The van der Waals surface area contributed by atoms with Gasteiger partial charge in [0.15, 0.2) is 0 Å². The lowest BCUT2D eigenvalue weighted by Gasteiger charge is -2.26. The zero-order valence-electron chi connectivity index (χ0n) is 16.6. The van der Waals surface area contributed by atoms with E-state index in [0.29, 0.717) is 29.0 Å². The Balaban J connectivity index is 1.88. The average Bonchev–Trinajstić information content (AvgIpc) is 2.75. The van der Waals surface area contributed by atoms with Crippen LogP contribution >= 0.6 is 23.2 Å². The first-order chi connectivity index (χ1) is 14.2. The number of halogens is 2. The predicted molar refractivity (Wildman–Crippen MR) is 115 cm³/mol. The highest BCUT2D eigenvalue weighted by Crippen LogP contribution is 2.27. The largest absolute Gasteiger partial charge is 0.496 e. The fraction of sp³-hybridized carbons (Fsp3) is 0.350. The molecule has 1 heterocycles. The Morgan fingerprint density at radius 3 is 2.47 bits per heavy atom. The molecule has 0 N–H and O–H groups in total. The van der Waals surface area contributed by atoms with Crippen LogP contribution in [0.4, 0.5) is 0 Å². The highest BCUT2D eigenvalue weighted by molar-refractivity contribution is 7.89. The topological polar surface area (TPSA) is 76.1 Å². The van der Waals surface area contributed by atoms with Gasteiger partial charge in [-0.15, -0.1) is 0 Å². The van der Waals surface area contributed by atoms with Crippen LogP contribution in [0.2, 0.25) is 10.0 Å². The lowest BCUT2D eigenvalue weighted by atomic mass is 10.1. The first-order valence-corrected chi connectivity index (χ1v) is 11.4. The predicted octanol–water partition coefficient (Wildman–Crippen LogP) is 3.30. The number of rotatable bonds is 6. The Morgan fingerprint density at radius 2 is 1.83 bits per heavy atom. The maximum Gasteiger partial charge on any atom is 0.257 e. The van der Waals surface area contributed by atoms with Gasteiger partial charge >= 0.3 is 0 Å². The quantitative estimate of drug-likeness (QED) is 0.644. The standard InChI is InChI=1S/C20H22Cl2N2O5S/c1-23(13-14-3-5-17(21)18(22)11-14)20(25)16-12-15(4-6-19(16)28-2)30(26,27)24-7-9-29-10-8-24/h3-6,11-12H,7-10,13H2,1-2H3. The number of benzene rings is 2. The molecule has 0 unspecified atom stereocenters. The van der Waals surface area contributed by atoms with E-state index in [2.05, 4.69) is 0 Å². The summed E-state index contributed by atoms with van der Waals surface area (Å²) in [5, 5.41) is 0.822. The summed E-state index contributed by atoms with van der Waals surface area (Å²) in [7, 11) is -0.693. The molecule has 162 valence electrons. The van der Waals surface area contributed by atoms with E-state index in [4.69, 9.17) is 32.7 Å². The molecule has 0 radical (unpaired) electrons. The Bertz CT molecular complexity index is 1040. The minimum atomic E-state index is -3.74. The van der Waals surface area contributed by atoms with Crippen molar-refractivity contribution in [1.82, 2.24) is 9.21 Å². The van der Waals surface area contributed by atoms with Gasteiger partial charge in [0.05, 0.1) is 40.8 Å². The lowest BCUT2D eigenvalue weighted by Crippen LogP contribution is -2.40. The van der Waals surface area contributed by atoms with Crippen LogP contribution in [-0.2, 0) is 21.3 Å². The number of nitrogens with zero attached hydrogens (tertiary/aromatic N) is 2. The van der Waals surface area contributed by atoms with Crippen molar-refractivity contribution in [3.8, 4) is 5.75 Å². The van der Waals surface area contributed by atoms with Crippen molar-refractivity contribution in [3.05, 3.63) is 57.6 Å². The molecule has 0 aliphatic carbocycles. The van der Waals surface area contributed by atoms with Gasteiger partial charge in [0, 0.05) is 26.7 Å². The van der Waals surface area contributed by atoms with Gasteiger partial charge in [-0.2, -0.15) is 4.31 Å². The number of carbonyl (C=O) groups excluding carboxylic acids is 1. The molecule has 2 aromatic rings. The van der Waals surface area contributed by atoms with Crippen molar-refractivity contribution in [3.63, 3.8) is 0 Å². The third-order valence-corrected chi connectivity index (χ3v) is 7.39. The summed E-state index contributed by atoms with van der Waals surface area (Å²) in [6.45, 7) is 1.49. The molecule has 1 fully saturated rings. The van der Waals surface area contributed by atoms with Gasteiger partial charge in [0.2, 0.25) is 10.0 Å². The van der Waals surface area contributed by atoms with Crippen LogP contribution in [0.15, 0.2) is 41.3 Å². The number of methoxy groups -OCH3 is 1. The molecule has 0 spiro atoms. The van der Waals surface area contributed by atoms with Crippen molar-refractivity contribution in [2.24, 2.45) is 0 Å². The van der Waals surface area contributed by atoms with Gasteiger partial charge in [0.1, 0.15) is 5.75 Å². The second kappa shape index (κ2) is 9.53. The van der Waals surface area contributed by atoms with E-state index in [0.717, 1.165) is 5.56 Å². The molecule has 10 heteroatoms. The number of morpholine rings is 1. The minimum Gasteiger partial charge on any atom is -0.496 e. The minimum absolute atomic E-state index is 0.0384. The van der Waals surface area contributed by atoms with Gasteiger partial charge < -0.3 is 14.4 Å². The number of ether oxygens (including phenoxy) is 2. The summed E-state index contributed by atoms with van der Waals surface area (Å²) >= 11 is 12.0. The average molecular weight is 473 g/mol. The molecule has 0 atom stereocenters. The first-order valence-electron chi connectivity index (χ1n) is 9.19. The third-order valence-electron chi connectivity index (χ3n) is 4.76. The van der Waals surface area contributed by atoms with E-state index >= 15 is 0 Å². The fourth-order valence-electron chi connectivity index (χ4n) is 3.14. The molecule has 2 aromatic carbocycles. The van der Waals surface area contributed by atoms with E-state index in [-0.39, 0.29) is 36.0 Å². The molecule has 1 saturated heterocycles. The van der Waals surface area contributed by atoms with Crippen LogP contribution in [0.5, 0.6) is 5.75 Å². The SMILES string of the molecule is COc1ccc(S(=O)(=O)N2CCOCC2)cc1C(=O)N(C)Cc1ccc(Cl)c(Cl)c1. The number of hydrogen-bond donors (Lipinski definition) is 0. The summed E-state index contributed by atoms with van der Waals surface area (Å²) in [6.07, 6.45) is 0. The van der Waals surface area contributed by atoms with E-state index in [1.54, 1.807) is 25.2 Å². The molecule has 30 heavy (non-hydrogen) atoms. The number of amides is 1. The normalized spacial score (nSPS) is 15.1. The molecule has 0 aromatic heterocycles. The van der Waals surface area contributed by atoms with Crippen LogP contribution in [0.1, 0.15) is 15.9 Å². The number of sulfonamides is 1. The second-order valence-corrected chi connectivity index (χ2v) is 9.54. The van der Waals surface area contributed by atoms with E-state index in [1.807, 2.05) is 0 Å². The van der Waals surface area contributed by atoms with Crippen LogP contribution in [0.25, 0.3) is 0 Å². The van der Waals surface area contributed by atoms with Crippen molar-refractivity contribution >= 4 is 39.1 Å². The number of carbonyl (C=O) groups is 1. The zero-order chi connectivity index (χ0) is 21.9. The monoisotopic (exact) mass is 472 g/mol. The maximum absolute atomic E-state index is 13.1. The second-order valence-electron chi connectivity index (χ2n) is 6.79. The fourth-order valence-corrected chi connectivity index (χ4v) is 4.90. The van der Waals surface area contributed by atoms with Crippen LogP contribution in [-0.4, -0.2) is 64.0 Å². The molecule has 0 saturated carbocycles. The Morgan fingerprint density at radius 1 is 1.13 bits per heavy atom. The van der Waals surface area contributed by atoms with Crippen molar-refractivity contribution in [1.29, 1.82) is 0 Å². The molecule has 1 amide bonds. The van der Waals surface area contributed by atoms with E-state index in [9.17, 15) is 13.2 Å². The van der Waals surface area contributed by atoms with Crippen LogP contribution in [0, 0.1) is 0 Å². The molecular weight excluding hydrogens is 451 g/mol. The van der Waals surface area contributed by atoms with Gasteiger partial charge in [-0.25, -0.2) is 8.42 Å². The highest BCUT2D eigenvalue weighted by atomic mass is 35.5. The Labute approximate surface area is 186 Å². The van der Waals surface area contributed by atoms with E-state index in [1.165, 1.54) is 34.5 Å². The van der Waals surface area contributed by atoms with Crippen LogP contribution < -0.4 is 4.74 Å². The molecule has 3 rings (SSSR count). The summed E-state index contributed by atoms with van der Waals surface area (Å²) in [4.78, 5) is 14.6. The number of hydrogen-bond acceptors (Lipinski definition) is 5. The van der Waals surface area contributed by atoms with Crippen molar-refractivity contribution in [2.45, 2.75) is 11.4 Å². The summed E-state index contributed by atoms with van der Waals surface area (Å²) in [5.41, 5.74) is 0.950.